The second-order valence-corrected chi connectivity index (χ2v) is 5.87. The molecule has 1 aromatic heterocycles. The van der Waals surface area contributed by atoms with E-state index in [0.29, 0.717) is 0 Å². The van der Waals surface area contributed by atoms with E-state index in [9.17, 15) is 14.0 Å². The van der Waals surface area contributed by atoms with Crippen LogP contribution in [-0.2, 0) is 4.74 Å². The molecule has 0 atom stereocenters. The Balaban J connectivity index is 2.03. The standard InChI is InChI=1S/C15H17FN2O6/c1-15(2,3)23-14(21)17-6-7-22-12-11-9(24-18-12)5-4-8(16)10(11)13(19)20/h4-5H,6-7H2,1-3H3,(H,17,21)(H,19,20). The van der Waals surface area contributed by atoms with E-state index in [1.165, 1.54) is 6.07 Å². The number of aromatic nitrogens is 1. The lowest BCUT2D eigenvalue weighted by molar-refractivity contribution is 0.0519. The summed E-state index contributed by atoms with van der Waals surface area (Å²) in [6, 6.07) is 2.24. The smallest absolute Gasteiger partial charge is 0.407 e. The van der Waals surface area contributed by atoms with Crippen LogP contribution in [0.15, 0.2) is 16.7 Å². The monoisotopic (exact) mass is 340 g/mol. The van der Waals surface area contributed by atoms with E-state index < -0.39 is 29.0 Å². The topological polar surface area (TPSA) is 111 Å². The summed E-state index contributed by atoms with van der Waals surface area (Å²) in [7, 11) is 0. The van der Waals surface area contributed by atoms with Crippen molar-refractivity contribution in [1.82, 2.24) is 10.5 Å². The number of carbonyl (C=O) groups excluding carboxylic acids is 1. The quantitative estimate of drug-likeness (QED) is 0.805. The summed E-state index contributed by atoms with van der Waals surface area (Å²) >= 11 is 0. The molecule has 0 radical (unpaired) electrons. The zero-order valence-electron chi connectivity index (χ0n) is 13.4. The molecular formula is C15H17FN2O6. The minimum atomic E-state index is -1.46. The van der Waals surface area contributed by atoms with Gasteiger partial charge in [0.25, 0.3) is 5.88 Å². The van der Waals surface area contributed by atoms with Gasteiger partial charge in [0.2, 0.25) is 0 Å². The second-order valence-electron chi connectivity index (χ2n) is 5.87. The van der Waals surface area contributed by atoms with Crippen LogP contribution in [0.25, 0.3) is 11.0 Å². The molecule has 2 N–H and O–H groups in total. The highest BCUT2D eigenvalue weighted by Gasteiger charge is 2.22. The maximum absolute atomic E-state index is 13.7. The van der Waals surface area contributed by atoms with E-state index in [1.807, 2.05) is 0 Å². The number of hydrogen-bond donors (Lipinski definition) is 2. The van der Waals surface area contributed by atoms with Crippen molar-refractivity contribution in [3.63, 3.8) is 0 Å². The van der Waals surface area contributed by atoms with Crippen LogP contribution in [0, 0.1) is 5.82 Å². The van der Waals surface area contributed by atoms with Gasteiger partial charge in [0.1, 0.15) is 29.0 Å². The Morgan fingerprint density at radius 1 is 1.38 bits per heavy atom. The highest BCUT2D eigenvalue weighted by molar-refractivity contribution is 6.04. The van der Waals surface area contributed by atoms with Crippen LogP contribution in [0.2, 0.25) is 0 Å². The highest BCUT2D eigenvalue weighted by atomic mass is 19.1. The lowest BCUT2D eigenvalue weighted by atomic mass is 10.1. The van der Waals surface area contributed by atoms with Crippen LogP contribution in [0.5, 0.6) is 5.88 Å². The molecule has 0 unspecified atom stereocenters. The van der Waals surface area contributed by atoms with Crippen LogP contribution < -0.4 is 10.1 Å². The molecule has 8 nitrogen and oxygen atoms in total. The van der Waals surface area contributed by atoms with Crippen molar-refractivity contribution in [3.8, 4) is 5.88 Å². The zero-order valence-corrected chi connectivity index (χ0v) is 13.4. The predicted molar refractivity (Wildman–Crippen MR) is 80.7 cm³/mol. The molecule has 1 aromatic carbocycles. The number of nitrogens with one attached hydrogen (secondary N) is 1. The fraction of sp³-hybridized carbons (Fsp3) is 0.400. The van der Waals surface area contributed by atoms with Gasteiger partial charge in [-0.05, 0) is 38.1 Å². The number of aromatic carboxylic acids is 1. The largest absolute Gasteiger partial charge is 0.478 e. The molecule has 0 aliphatic rings. The van der Waals surface area contributed by atoms with Crippen LogP contribution in [-0.4, -0.2) is 41.1 Å². The second kappa shape index (κ2) is 6.73. The van der Waals surface area contributed by atoms with Crippen LogP contribution >= 0.6 is 0 Å². The van der Waals surface area contributed by atoms with Crippen molar-refractivity contribution in [1.29, 1.82) is 0 Å². The van der Waals surface area contributed by atoms with Crippen molar-refractivity contribution in [2.45, 2.75) is 26.4 Å². The third-order valence-corrected chi connectivity index (χ3v) is 2.78. The Labute approximate surface area is 136 Å². The van der Waals surface area contributed by atoms with E-state index in [1.54, 1.807) is 20.8 Å². The van der Waals surface area contributed by atoms with E-state index >= 15 is 0 Å². The minimum Gasteiger partial charge on any atom is -0.478 e. The number of benzene rings is 1. The van der Waals surface area contributed by atoms with Crippen LogP contribution in [0.1, 0.15) is 31.1 Å². The van der Waals surface area contributed by atoms with Crippen LogP contribution in [0.4, 0.5) is 9.18 Å². The lowest BCUT2D eigenvalue weighted by Crippen LogP contribution is -2.34. The first-order chi connectivity index (χ1) is 11.2. The van der Waals surface area contributed by atoms with Gasteiger partial charge in [-0.1, -0.05) is 0 Å². The summed E-state index contributed by atoms with van der Waals surface area (Å²) in [6.07, 6.45) is -0.617. The molecule has 2 rings (SSSR count). The number of nitrogens with zero attached hydrogens (tertiary/aromatic N) is 1. The summed E-state index contributed by atoms with van der Waals surface area (Å²) < 4.78 is 28.9. The van der Waals surface area contributed by atoms with Crippen molar-refractivity contribution < 1.29 is 33.1 Å². The van der Waals surface area contributed by atoms with Gasteiger partial charge in [-0.15, -0.1) is 0 Å². The van der Waals surface area contributed by atoms with Gasteiger partial charge in [0, 0.05) is 0 Å². The first-order valence-electron chi connectivity index (χ1n) is 7.10. The number of carboxylic acid groups (broad SMARTS) is 1. The van der Waals surface area contributed by atoms with E-state index in [4.69, 9.17) is 19.1 Å². The molecule has 1 heterocycles. The molecule has 0 fully saturated rings. The molecule has 1 amide bonds. The molecule has 9 heteroatoms. The molecule has 0 bridgehead atoms. The minimum absolute atomic E-state index is 0.0313. The molecule has 0 saturated carbocycles. The summed E-state index contributed by atoms with van der Waals surface area (Å²) in [5, 5.41) is 15.1. The molecule has 0 aliphatic carbocycles. The maximum Gasteiger partial charge on any atom is 0.407 e. The highest BCUT2D eigenvalue weighted by Crippen LogP contribution is 2.30. The number of carbonyl (C=O) groups is 2. The Morgan fingerprint density at radius 3 is 2.71 bits per heavy atom. The van der Waals surface area contributed by atoms with Crippen molar-refractivity contribution in [3.05, 3.63) is 23.5 Å². The van der Waals surface area contributed by atoms with Gasteiger partial charge < -0.3 is 24.4 Å². The van der Waals surface area contributed by atoms with E-state index in [2.05, 4.69) is 10.5 Å². The summed E-state index contributed by atoms with van der Waals surface area (Å²) in [5.41, 5.74) is -1.12. The van der Waals surface area contributed by atoms with E-state index in [0.717, 1.165) is 6.07 Å². The first-order valence-corrected chi connectivity index (χ1v) is 7.10. The normalized spacial score (nSPS) is 11.3. The van der Waals surface area contributed by atoms with Gasteiger partial charge in [-0.2, -0.15) is 0 Å². The Kier molecular flexibility index (Phi) is 4.91. The molecule has 0 aliphatic heterocycles. The Bertz CT molecular complexity index is 765. The van der Waals surface area contributed by atoms with Gasteiger partial charge in [-0.3, -0.25) is 0 Å². The summed E-state index contributed by atoms with van der Waals surface area (Å²) in [6.45, 7) is 5.24. The summed E-state index contributed by atoms with van der Waals surface area (Å²) in [4.78, 5) is 22.7. The molecule has 0 spiro atoms. The molecule has 0 saturated heterocycles. The third-order valence-electron chi connectivity index (χ3n) is 2.78. The number of carboxylic acids is 1. The Morgan fingerprint density at radius 2 is 2.08 bits per heavy atom. The van der Waals surface area contributed by atoms with Crippen molar-refractivity contribution in [2.24, 2.45) is 0 Å². The van der Waals surface area contributed by atoms with Gasteiger partial charge >= 0.3 is 12.1 Å². The summed E-state index contributed by atoms with van der Waals surface area (Å²) in [5.74, 6) is -2.54. The average Bonchev–Trinajstić information content (AvgIpc) is 2.84. The average molecular weight is 340 g/mol. The van der Waals surface area contributed by atoms with Crippen molar-refractivity contribution in [2.75, 3.05) is 13.2 Å². The number of ether oxygens (including phenoxy) is 2. The molecule has 24 heavy (non-hydrogen) atoms. The number of rotatable bonds is 5. The molecular weight excluding hydrogens is 323 g/mol. The van der Waals surface area contributed by atoms with Gasteiger partial charge in [0.05, 0.1) is 6.54 Å². The lowest BCUT2D eigenvalue weighted by Gasteiger charge is -2.19. The number of amides is 1. The SMILES string of the molecule is CC(C)(C)OC(=O)NCCOc1noc2ccc(F)c(C(=O)O)c12. The predicted octanol–water partition coefficient (Wildman–Crippen LogP) is 2.57. The fourth-order valence-corrected chi connectivity index (χ4v) is 1.91. The van der Waals surface area contributed by atoms with E-state index in [-0.39, 0.29) is 30.0 Å². The van der Waals surface area contributed by atoms with Crippen LogP contribution in [0.3, 0.4) is 0 Å². The van der Waals surface area contributed by atoms with Crippen molar-refractivity contribution >= 4 is 23.0 Å². The fourth-order valence-electron chi connectivity index (χ4n) is 1.91. The number of fused-ring (bicyclic) bond motifs is 1. The van der Waals surface area contributed by atoms with Gasteiger partial charge in [0.15, 0.2) is 5.58 Å². The van der Waals surface area contributed by atoms with Gasteiger partial charge in [-0.25, -0.2) is 14.0 Å². The first kappa shape index (κ1) is 17.5. The Hall–Kier alpha value is -2.84. The third kappa shape index (κ3) is 4.12. The maximum atomic E-state index is 13.7. The number of halogens is 1. The number of hydrogen-bond acceptors (Lipinski definition) is 6. The zero-order chi connectivity index (χ0) is 17.9. The molecule has 130 valence electrons. The molecule has 2 aromatic rings. The number of alkyl carbamates (subject to hydrolysis) is 1.